The van der Waals surface area contributed by atoms with Crippen molar-refractivity contribution in [2.24, 2.45) is 0 Å². The van der Waals surface area contributed by atoms with Crippen LogP contribution in [0.15, 0.2) is 18.2 Å². The maximum Gasteiger partial charge on any atom is 0.269 e. The van der Waals surface area contributed by atoms with Gasteiger partial charge in [-0.25, -0.2) is 0 Å². The highest BCUT2D eigenvalue weighted by molar-refractivity contribution is 5.55. The Morgan fingerprint density at radius 3 is 3.00 bits per heavy atom. The summed E-state index contributed by atoms with van der Waals surface area (Å²) >= 11 is 0. The van der Waals surface area contributed by atoms with Crippen LogP contribution < -0.4 is 10.6 Å². The third kappa shape index (κ3) is 3.20. The van der Waals surface area contributed by atoms with E-state index in [1.165, 1.54) is 12.8 Å². The van der Waals surface area contributed by atoms with Gasteiger partial charge >= 0.3 is 0 Å². The Morgan fingerprint density at radius 1 is 1.56 bits per heavy atom. The molecule has 0 radical (unpaired) electrons. The van der Waals surface area contributed by atoms with Crippen molar-refractivity contribution in [1.82, 2.24) is 5.32 Å². The van der Waals surface area contributed by atoms with Crippen LogP contribution in [0.25, 0.3) is 0 Å². The molecule has 0 aromatic heterocycles. The molecule has 1 aromatic rings. The van der Waals surface area contributed by atoms with Crippen molar-refractivity contribution < 1.29 is 4.92 Å². The molecule has 1 fully saturated rings. The zero-order valence-corrected chi connectivity index (χ0v) is 10.6. The number of non-ortho nitro benzene ring substituents is 1. The third-order valence-electron chi connectivity index (χ3n) is 3.39. The minimum Gasteiger partial charge on any atom is -0.385 e. The standard InChI is InChI=1S/C13H19N3O2/c1-10-9-12(16(17)18)4-5-13(10)15-8-6-11-3-2-7-14-11/h4-5,9,11,14-15H,2-3,6-8H2,1H3/t11-/m1/s1. The van der Waals surface area contributed by atoms with Gasteiger partial charge in [-0.05, 0) is 44.4 Å². The first kappa shape index (κ1) is 12.8. The number of nitrogens with zero attached hydrogens (tertiary/aromatic N) is 1. The zero-order chi connectivity index (χ0) is 13.0. The summed E-state index contributed by atoms with van der Waals surface area (Å²) in [6.07, 6.45) is 3.61. The highest BCUT2D eigenvalue weighted by Gasteiger charge is 2.13. The van der Waals surface area contributed by atoms with E-state index in [1.807, 2.05) is 6.92 Å². The first-order valence-electron chi connectivity index (χ1n) is 6.39. The fraction of sp³-hybridized carbons (Fsp3) is 0.538. The Bertz CT molecular complexity index is 428. The van der Waals surface area contributed by atoms with Crippen LogP contribution in [0.2, 0.25) is 0 Å². The molecule has 1 saturated heterocycles. The summed E-state index contributed by atoms with van der Waals surface area (Å²) in [4.78, 5) is 10.3. The molecular formula is C13H19N3O2. The molecule has 5 nitrogen and oxygen atoms in total. The lowest BCUT2D eigenvalue weighted by molar-refractivity contribution is -0.384. The number of rotatable bonds is 5. The number of nitro benzene ring substituents is 1. The van der Waals surface area contributed by atoms with Gasteiger partial charge in [0, 0.05) is 30.4 Å². The first-order chi connectivity index (χ1) is 8.66. The molecule has 1 aliphatic rings. The van der Waals surface area contributed by atoms with E-state index in [0.29, 0.717) is 6.04 Å². The Hall–Kier alpha value is -1.62. The maximum absolute atomic E-state index is 10.6. The molecule has 0 saturated carbocycles. The molecule has 0 aliphatic carbocycles. The van der Waals surface area contributed by atoms with Crippen LogP contribution in [0.3, 0.4) is 0 Å². The van der Waals surface area contributed by atoms with E-state index in [1.54, 1.807) is 18.2 Å². The Labute approximate surface area is 107 Å². The number of hydrogen-bond donors (Lipinski definition) is 2. The van der Waals surface area contributed by atoms with Gasteiger partial charge < -0.3 is 10.6 Å². The van der Waals surface area contributed by atoms with Gasteiger partial charge in [-0.3, -0.25) is 10.1 Å². The third-order valence-corrected chi connectivity index (χ3v) is 3.39. The van der Waals surface area contributed by atoms with E-state index < -0.39 is 0 Å². The summed E-state index contributed by atoms with van der Waals surface area (Å²) < 4.78 is 0. The minimum atomic E-state index is -0.362. The normalized spacial score (nSPS) is 18.8. The predicted octanol–water partition coefficient (Wildman–Crippen LogP) is 2.46. The number of aryl methyl sites for hydroxylation is 1. The summed E-state index contributed by atoms with van der Waals surface area (Å²) in [6, 6.07) is 5.56. The minimum absolute atomic E-state index is 0.149. The van der Waals surface area contributed by atoms with Gasteiger partial charge in [-0.1, -0.05) is 0 Å². The molecule has 0 spiro atoms. The number of nitro groups is 1. The molecule has 98 valence electrons. The highest BCUT2D eigenvalue weighted by Crippen LogP contribution is 2.21. The van der Waals surface area contributed by atoms with Crippen LogP contribution in [-0.4, -0.2) is 24.1 Å². The van der Waals surface area contributed by atoms with Crippen molar-refractivity contribution >= 4 is 11.4 Å². The molecule has 2 rings (SSSR count). The topological polar surface area (TPSA) is 67.2 Å². The maximum atomic E-state index is 10.6. The number of nitrogens with one attached hydrogen (secondary N) is 2. The van der Waals surface area contributed by atoms with Gasteiger partial charge in [0.2, 0.25) is 0 Å². The predicted molar refractivity (Wildman–Crippen MR) is 72.0 cm³/mol. The van der Waals surface area contributed by atoms with Crippen LogP contribution in [-0.2, 0) is 0 Å². The van der Waals surface area contributed by atoms with E-state index in [4.69, 9.17) is 0 Å². The fourth-order valence-electron chi connectivity index (χ4n) is 2.34. The van der Waals surface area contributed by atoms with Crippen LogP contribution in [0, 0.1) is 17.0 Å². The van der Waals surface area contributed by atoms with Crippen LogP contribution in [0.4, 0.5) is 11.4 Å². The van der Waals surface area contributed by atoms with E-state index >= 15 is 0 Å². The number of anilines is 1. The van der Waals surface area contributed by atoms with Gasteiger partial charge in [0.05, 0.1) is 4.92 Å². The molecular weight excluding hydrogens is 230 g/mol. The SMILES string of the molecule is Cc1cc([N+](=O)[O-])ccc1NCC[C@H]1CCCN1. The first-order valence-corrected chi connectivity index (χ1v) is 6.39. The Morgan fingerprint density at radius 2 is 2.39 bits per heavy atom. The molecule has 1 aliphatic heterocycles. The summed E-state index contributed by atoms with van der Waals surface area (Å²) in [5.74, 6) is 0. The summed E-state index contributed by atoms with van der Waals surface area (Å²) in [5, 5.41) is 17.4. The lowest BCUT2D eigenvalue weighted by atomic mass is 10.1. The second kappa shape index (κ2) is 5.82. The van der Waals surface area contributed by atoms with E-state index in [0.717, 1.165) is 30.8 Å². The van der Waals surface area contributed by atoms with Crippen molar-refractivity contribution in [3.05, 3.63) is 33.9 Å². The Kier molecular flexibility index (Phi) is 4.15. The van der Waals surface area contributed by atoms with Crippen molar-refractivity contribution in [2.75, 3.05) is 18.4 Å². The van der Waals surface area contributed by atoms with Gasteiger partial charge in [-0.15, -0.1) is 0 Å². The summed E-state index contributed by atoms with van der Waals surface area (Å²) in [5.41, 5.74) is 2.05. The van der Waals surface area contributed by atoms with E-state index in [9.17, 15) is 10.1 Å². The largest absolute Gasteiger partial charge is 0.385 e. The lowest BCUT2D eigenvalue weighted by Gasteiger charge is -2.13. The van der Waals surface area contributed by atoms with E-state index in [-0.39, 0.29) is 10.6 Å². The average Bonchev–Trinajstić information content (AvgIpc) is 2.84. The number of hydrogen-bond acceptors (Lipinski definition) is 4. The van der Waals surface area contributed by atoms with Gasteiger partial charge in [0.1, 0.15) is 0 Å². The van der Waals surface area contributed by atoms with Gasteiger partial charge in [-0.2, -0.15) is 0 Å². The van der Waals surface area contributed by atoms with Crippen LogP contribution in [0.5, 0.6) is 0 Å². The smallest absolute Gasteiger partial charge is 0.269 e. The van der Waals surface area contributed by atoms with Crippen LogP contribution in [0.1, 0.15) is 24.8 Å². The summed E-state index contributed by atoms with van der Waals surface area (Å²) in [6.45, 7) is 3.92. The van der Waals surface area contributed by atoms with Crippen molar-refractivity contribution in [3.63, 3.8) is 0 Å². The fourth-order valence-corrected chi connectivity index (χ4v) is 2.34. The second-order valence-corrected chi connectivity index (χ2v) is 4.77. The van der Waals surface area contributed by atoms with Crippen molar-refractivity contribution in [3.8, 4) is 0 Å². The van der Waals surface area contributed by atoms with Crippen LogP contribution >= 0.6 is 0 Å². The van der Waals surface area contributed by atoms with Crippen molar-refractivity contribution in [2.45, 2.75) is 32.2 Å². The molecule has 1 heterocycles. The van der Waals surface area contributed by atoms with Gasteiger partial charge in [0.25, 0.3) is 5.69 Å². The highest BCUT2D eigenvalue weighted by atomic mass is 16.6. The zero-order valence-electron chi connectivity index (χ0n) is 10.6. The monoisotopic (exact) mass is 249 g/mol. The molecule has 0 bridgehead atoms. The molecule has 5 heteroatoms. The average molecular weight is 249 g/mol. The molecule has 1 atom stereocenters. The summed E-state index contributed by atoms with van der Waals surface area (Å²) in [7, 11) is 0. The molecule has 0 unspecified atom stereocenters. The number of benzene rings is 1. The molecule has 1 aromatic carbocycles. The van der Waals surface area contributed by atoms with Crippen molar-refractivity contribution in [1.29, 1.82) is 0 Å². The quantitative estimate of drug-likeness (QED) is 0.621. The Balaban J connectivity index is 1.87. The second-order valence-electron chi connectivity index (χ2n) is 4.77. The lowest BCUT2D eigenvalue weighted by Crippen LogP contribution is -2.24. The molecule has 0 amide bonds. The van der Waals surface area contributed by atoms with Gasteiger partial charge in [0.15, 0.2) is 0 Å². The molecule has 18 heavy (non-hydrogen) atoms. The molecule has 2 N–H and O–H groups in total. The van der Waals surface area contributed by atoms with E-state index in [2.05, 4.69) is 10.6 Å².